The van der Waals surface area contributed by atoms with Gasteiger partial charge in [0.15, 0.2) is 5.76 Å². The fraction of sp³-hybridized carbons (Fsp3) is 0.400. The van der Waals surface area contributed by atoms with Crippen LogP contribution in [0, 0.1) is 12.7 Å². The standard InChI is InChI=1S/C15H19FN2O2/c1-3-6-17-9-13-8-14(20-18-13)10-19-15-7-12(16)5-4-11(15)2/h4-5,7-8,17H,3,6,9-10H2,1-2H3. The van der Waals surface area contributed by atoms with Crippen molar-refractivity contribution in [2.24, 2.45) is 0 Å². The van der Waals surface area contributed by atoms with Gasteiger partial charge in [-0.2, -0.15) is 0 Å². The second-order valence-corrected chi connectivity index (χ2v) is 4.66. The fourth-order valence-electron chi connectivity index (χ4n) is 1.78. The van der Waals surface area contributed by atoms with Crippen LogP contribution in [0.15, 0.2) is 28.8 Å². The van der Waals surface area contributed by atoms with E-state index in [0.717, 1.165) is 24.2 Å². The Morgan fingerprint density at radius 3 is 3.00 bits per heavy atom. The lowest BCUT2D eigenvalue weighted by Crippen LogP contribution is -2.13. The third-order valence-corrected chi connectivity index (χ3v) is 2.86. The summed E-state index contributed by atoms with van der Waals surface area (Å²) in [6, 6.07) is 6.31. The van der Waals surface area contributed by atoms with Crippen LogP contribution in [-0.2, 0) is 13.2 Å². The molecule has 0 spiro atoms. The highest BCUT2D eigenvalue weighted by Gasteiger charge is 2.07. The molecule has 20 heavy (non-hydrogen) atoms. The normalized spacial score (nSPS) is 10.8. The van der Waals surface area contributed by atoms with E-state index in [9.17, 15) is 4.39 Å². The number of ether oxygens (including phenoxy) is 1. The van der Waals surface area contributed by atoms with Gasteiger partial charge in [-0.1, -0.05) is 18.1 Å². The van der Waals surface area contributed by atoms with Crippen LogP contribution in [0.3, 0.4) is 0 Å². The third kappa shape index (κ3) is 4.06. The van der Waals surface area contributed by atoms with E-state index in [-0.39, 0.29) is 12.4 Å². The largest absolute Gasteiger partial charge is 0.485 e. The van der Waals surface area contributed by atoms with E-state index in [1.165, 1.54) is 12.1 Å². The molecule has 1 aromatic carbocycles. The second kappa shape index (κ2) is 7.05. The molecule has 0 radical (unpaired) electrons. The Balaban J connectivity index is 1.89. The van der Waals surface area contributed by atoms with Gasteiger partial charge in [-0.25, -0.2) is 4.39 Å². The molecule has 0 atom stereocenters. The van der Waals surface area contributed by atoms with Crippen molar-refractivity contribution < 1.29 is 13.7 Å². The Bertz CT molecular complexity index is 555. The van der Waals surface area contributed by atoms with Gasteiger partial charge in [-0.05, 0) is 31.5 Å². The Labute approximate surface area is 117 Å². The summed E-state index contributed by atoms with van der Waals surface area (Å²) in [4.78, 5) is 0. The Morgan fingerprint density at radius 2 is 2.20 bits per heavy atom. The van der Waals surface area contributed by atoms with Gasteiger partial charge in [0.05, 0.1) is 5.69 Å². The van der Waals surface area contributed by atoms with Crippen molar-refractivity contribution in [1.29, 1.82) is 0 Å². The molecule has 0 aliphatic heterocycles. The topological polar surface area (TPSA) is 47.3 Å². The maximum atomic E-state index is 13.1. The summed E-state index contributed by atoms with van der Waals surface area (Å²) in [5, 5.41) is 7.19. The number of benzene rings is 1. The average Bonchev–Trinajstić information content (AvgIpc) is 2.88. The van der Waals surface area contributed by atoms with Crippen LogP contribution < -0.4 is 10.1 Å². The minimum Gasteiger partial charge on any atom is -0.485 e. The molecule has 2 aromatic rings. The zero-order chi connectivity index (χ0) is 14.4. The van der Waals surface area contributed by atoms with Gasteiger partial charge in [-0.15, -0.1) is 0 Å². The molecule has 108 valence electrons. The molecule has 2 rings (SSSR count). The summed E-state index contributed by atoms with van der Waals surface area (Å²) in [6.07, 6.45) is 1.08. The molecule has 5 heteroatoms. The van der Waals surface area contributed by atoms with Crippen molar-refractivity contribution >= 4 is 0 Å². The quantitative estimate of drug-likeness (QED) is 0.790. The number of nitrogens with zero attached hydrogens (tertiary/aromatic N) is 1. The maximum absolute atomic E-state index is 13.1. The van der Waals surface area contributed by atoms with Gasteiger partial charge in [0.25, 0.3) is 0 Å². The highest BCUT2D eigenvalue weighted by molar-refractivity contribution is 5.32. The first-order valence-corrected chi connectivity index (χ1v) is 6.73. The van der Waals surface area contributed by atoms with Crippen molar-refractivity contribution in [2.75, 3.05) is 6.54 Å². The van der Waals surface area contributed by atoms with Crippen LogP contribution in [0.5, 0.6) is 5.75 Å². The molecule has 1 N–H and O–H groups in total. The van der Waals surface area contributed by atoms with Gasteiger partial charge in [0, 0.05) is 18.7 Å². The number of nitrogens with one attached hydrogen (secondary N) is 1. The number of hydrogen-bond donors (Lipinski definition) is 1. The molecule has 1 aromatic heterocycles. The minimum atomic E-state index is -0.312. The predicted molar refractivity (Wildman–Crippen MR) is 74.0 cm³/mol. The van der Waals surface area contributed by atoms with Crippen LogP contribution >= 0.6 is 0 Å². The summed E-state index contributed by atoms with van der Waals surface area (Å²) >= 11 is 0. The van der Waals surface area contributed by atoms with Crippen molar-refractivity contribution in [3.05, 3.63) is 47.1 Å². The third-order valence-electron chi connectivity index (χ3n) is 2.86. The number of halogens is 1. The summed E-state index contributed by atoms with van der Waals surface area (Å²) in [7, 11) is 0. The van der Waals surface area contributed by atoms with E-state index in [1.807, 2.05) is 13.0 Å². The molecular formula is C15H19FN2O2. The maximum Gasteiger partial charge on any atom is 0.174 e. The first-order chi connectivity index (χ1) is 9.69. The van der Waals surface area contributed by atoms with Gasteiger partial charge < -0.3 is 14.6 Å². The van der Waals surface area contributed by atoms with E-state index in [1.54, 1.807) is 6.07 Å². The molecule has 4 nitrogen and oxygen atoms in total. The van der Waals surface area contributed by atoms with Gasteiger partial charge in [0.1, 0.15) is 18.2 Å². The zero-order valence-electron chi connectivity index (χ0n) is 11.8. The van der Waals surface area contributed by atoms with E-state index in [2.05, 4.69) is 17.4 Å². The number of rotatable bonds is 7. The monoisotopic (exact) mass is 278 g/mol. The highest BCUT2D eigenvalue weighted by Crippen LogP contribution is 2.20. The molecule has 0 amide bonds. The van der Waals surface area contributed by atoms with Crippen LogP contribution in [0.2, 0.25) is 0 Å². The first-order valence-electron chi connectivity index (χ1n) is 6.73. The smallest absolute Gasteiger partial charge is 0.174 e. The Kier molecular flexibility index (Phi) is 5.12. The van der Waals surface area contributed by atoms with Crippen molar-refractivity contribution in [2.45, 2.75) is 33.4 Å². The van der Waals surface area contributed by atoms with E-state index in [0.29, 0.717) is 18.1 Å². The Hall–Kier alpha value is -1.88. The number of aryl methyl sites for hydroxylation is 1. The minimum absolute atomic E-state index is 0.241. The lowest BCUT2D eigenvalue weighted by Gasteiger charge is -2.06. The molecule has 0 aliphatic carbocycles. The zero-order valence-corrected chi connectivity index (χ0v) is 11.8. The van der Waals surface area contributed by atoms with Crippen molar-refractivity contribution in [3.63, 3.8) is 0 Å². The van der Waals surface area contributed by atoms with Crippen molar-refractivity contribution in [3.8, 4) is 5.75 Å². The van der Waals surface area contributed by atoms with E-state index < -0.39 is 0 Å². The van der Waals surface area contributed by atoms with Crippen LogP contribution in [-0.4, -0.2) is 11.7 Å². The summed E-state index contributed by atoms with van der Waals surface area (Å²) < 4.78 is 23.9. The highest BCUT2D eigenvalue weighted by atomic mass is 19.1. The lowest BCUT2D eigenvalue weighted by atomic mass is 10.2. The summed E-state index contributed by atoms with van der Waals surface area (Å²) in [6.45, 7) is 5.84. The SMILES string of the molecule is CCCNCc1cc(COc2cc(F)ccc2C)on1. The number of hydrogen-bond acceptors (Lipinski definition) is 4. The molecule has 0 unspecified atom stereocenters. The van der Waals surface area contributed by atoms with Crippen LogP contribution in [0.25, 0.3) is 0 Å². The van der Waals surface area contributed by atoms with Crippen molar-refractivity contribution in [1.82, 2.24) is 10.5 Å². The first kappa shape index (κ1) is 14.5. The molecule has 0 bridgehead atoms. The van der Waals surface area contributed by atoms with Crippen LogP contribution in [0.1, 0.15) is 30.4 Å². The lowest BCUT2D eigenvalue weighted by molar-refractivity contribution is 0.246. The van der Waals surface area contributed by atoms with Gasteiger partial charge in [0.2, 0.25) is 0 Å². The fourth-order valence-corrected chi connectivity index (χ4v) is 1.78. The molecule has 1 heterocycles. The molecule has 0 fully saturated rings. The van der Waals surface area contributed by atoms with Gasteiger partial charge in [-0.3, -0.25) is 0 Å². The second-order valence-electron chi connectivity index (χ2n) is 4.66. The summed E-state index contributed by atoms with van der Waals surface area (Å²) in [5.41, 5.74) is 1.73. The number of aromatic nitrogens is 1. The van der Waals surface area contributed by atoms with E-state index in [4.69, 9.17) is 9.26 Å². The Morgan fingerprint density at radius 1 is 1.35 bits per heavy atom. The molecule has 0 aliphatic rings. The summed E-state index contributed by atoms with van der Waals surface area (Å²) in [5.74, 6) is 0.835. The van der Waals surface area contributed by atoms with Crippen LogP contribution in [0.4, 0.5) is 4.39 Å². The van der Waals surface area contributed by atoms with Gasteiger partial charge >= 0.3 is 0 Å². The molecule has 0 saturated heterocycles. The molecule has 0 saturated carbocycles. The van der Waals surface area contributed by atoms with E-state index >= 15 is 0 Å². The molecular weight excluding hydrogens is 259 g/mol. The average molecular weight is 278 g/mol. The predicted octanol–water partition coefficient (Wildman–Crippen LogP) is 3.20.